The molecule has 2 aliphatic carbocycles. The predicted molar refractivity (Wildman–Crippen MR) is 126 cm³/mol. The highest BCUT2D eigenvalue weighted by Gasteiger charge is 2.48. The lowest BCUT2D eigenvalue weighted by Crippen LogP contribution is -2.43. The summed E-state index contributed by atoms with van der Waals surface area (Å²) in [7, 11) is 1.42. The number of esters is 1. The molecule has 1 amide bonds. The van der Waals surface area contributed by atoms with Crippen molar-refractivity contribution in [2.75, 3.05) is 12.8 Å². The smallest absolute Gasteiger partial charge is 0.308 e. The molecule has 5 N–H and O–H groups in total. The molecule has 3 aliphatic rings. The number of aliphatic hydroxyl groups excluding tert-OH is 2. The Kier molecular flexibility index (Phi) is 6.79. The van der Waals surface area contributed by atoms with Gasteiger partial charge in [0.1, 0.15) is 17.7 Å². The van der Waals surface area contributed by atoms with Crippen LogP contribution in [0.15, 0.2) is 6.33 Å². The van der Waals surface area contributed by atoms with Gasteiger partial charge in [0.15, 0.2) is 23.8 Å². The van der Waals surface area contributed by atoms with Gasteiger partial charge in [-0.15, -0.1) is 0 Å². The van der Waals surface area contributed by atoms with Crippen LogP contribution in [-0.2, 0) is 19.1 Å². The Balaban J connectivity index is 1.29. The van der Waals surface area contributed by atoms with Gasteiger partial charge in [0, 0.05) is 12.5 Å². The third kappa shape index (κ3) is 4.86. The molecule has 36 heavy (non-hydrogen) atoms. The quantitative estimate of drug-likeness (QED) is 0.325. The van der Waals surface area contributed by atoms with E-state index in [0.29, 0.717) is 17.9 Å². The van der Waals surface area contributed by atoms with Crippen molar-refractivity contribution >= 4 is 28.9 Å². The molecule has 3 heterocycles. The van der Waals surface area contributed by atoms with Gasteiger partial charge in [-0.25, -0.2) is 15.0 Å². The number of nitrogen functional groups attached to an aromatic ring is 1. The van der Waals surface area contributed by atoms with Crippen LogP contribution in [0, 0.1) is 23.7 Å². The van der Waals surface area contributed by atoms with Gasteiger partial charge in [-0.1, -0.05) is 5.92 Å². The number of aromatic nitrogens is 4. The molecule has 4 atom stereocenters. The van der Waals surface area contributed by atoms with Gasteiger partial charge in [-0.2, -0.15) is 0 Å². The first-order valence-corrected chi connectivity index (χ1v) is 12.2. The number of nitrogens with two attached hydrogens (primary N) is 1. The lowest BCUT2D eigenvalue weighted by Gasteiger charge is -2.25. The number of amides is 1. The average molecular weight is 499 g/mol. The van der Waals surface area contributed by atoms with E-state index >= 15 is 0 Å². The number of anilines is 1. The summed E-state index contributed by atoms with van der Waals surface area (Å²) in [4.78, 5) is 37.0. The second kappa shape index (κ2) is 10.0. The monoisotopic (exact) mass is 498 g/mol. The van der Waals surface area contributed by atoms with Gasteiger partial charge in [-0.3, -0.25) is 14.2 Å². The fourth-order valence-corrected chi connectivity index (χ4v) is 4.84. The summed E-state index contributed by atoms with van der Waals surface area (Å²) in [6.45, 7) is 0. The number of carbonyl (C=O) groups is 2. The molecule has 0 aromatic carbocycles. The van der Waals surface area contributed by atoms with Crippen molar-refractivity contribution in [1.29, 1.82) is 0 Å². The summed E-state index contributed by atoms with van der Waals surface area (Å²) in [5, 5.41) is 23.8. The number of fused-ring (bicyclic) bond motifs is 1. The number of hydrogen-bond donors (Lipinski definition) is 4. The van der Waals surface area contributed by atoms with Crippen LogP contribution >= 0.6 is 0 Å². The zero-order chi connectivity index (χ0) is 25.4. The summed E-state index contributed by atoms with van der Waals surface area (Å²) in [5.41, 5.74) is 6.67. The van der Waals surface area contributed by atoms with Crippen molar-refractivity contribution in [2.45, 2.75) is 75.5 Å². The molecule has 5 rings (SSSR count). The third-order valence-corrected chi connectivity index (χ3v) is 7.12. The zero-order valence-electron chi connectivity index (χ0n) is 20.0. The molecule has 12 nitrogen and oxygen atoms in total. The molecule has 2 aromatic rings. The number of aliphatic hydroxyl groups is 2. The van der Waals surface area contributed by atoms with E-state index in [4.69, 9.17) is 15.2 Å². The average Bonchev–Trinajstić information content (AvgIpc) is 3.51. The Morgan fingerprint density at radius 2 is 1.94 bits per heavy atom. The van der Waals surface area contributed by atoms with Gasteiger partial charge in [0.2, 0.25) is 5.82 Å². The molecule has 2 unspecified atom stereocenters. The molecular weight excluding hydrogens is 468 g/mol. The Bertz CT molecular complexity index is 1210. The van der Waals surface area contributed by atoms with Crippen LogP contribution in [0.3, 0.4) is 0 Å². The fourth-order valence-electron chi connectivity index (χ4n) is 4.84. The lowest BCUT2D eigenvalue weighted by atomic mass is 9.81. The highest BCUT2D eigenvalue weighted by Crippen LogP contribution is 2.33. The number of carbonyl (C=O) groups excluding carboxylic acids is 2. The van der Waals surface area contributed by atoms with E-state index in [1.165, 1.54) is 18.0 Å². The number of methoxy groups -OCH3 is 1. The van der Waals surface area contributed by atoms with Gasteiger partial charge in [0.25, 0.3) is 5.91 Å². The second-order valence-electron chi connectivity index (χ2n) is 9.71. The van der Waals surface area contributed by atoms with Crippen LogP contribution in [0.2, 0.25) is 0 Å². The minimum Gasteiger partial charge on any atom is -0.469 e. The fraction of sp³-hybridized carbons (Fsp3) is 0.625. The number of hydrogen-bond acceptors (Lipinski definition) is 10. The Labute approximate surface area is 207 Å². The molecule has 0 radical (unpaired) electrons. The molecule has 12 heteroatoms. The maximum absolute atomic E-state index is 12.4. The second-order valence-corrected chi connectivity index (χ2v) is 9.71. The van der Waals surface area contributed by atoms with E-state index < -0.39 is 30.4 Å². The highest BCUT2D eigenvalue weighted by molar-refractivity contribution is 5.83. The van der Waals surface area contributed by atoms with Crippen LogP contribution < -0.4 is 11.1 Å². The van der Waals surface area contributed by atoms with Gasteiger partial charge >= 0.3 is 5.97 Å². The Morgan fingerprint density at radius 1 is 1.19 bits per heavy atom. The molecule has 2 aromatic heterocycles. The maximum Gasteiger partial charge on any atom is 0.308 e. The minimum absolute atomic E-state index is 0.0314. The maximum atomic E-state index is 12.4. The summed E-state index contributed by atoms with van der Waals surface area (Å²) < 4.78 is 12.0. The summed E-state index contributed by atoms with van der Waals surface area (Å²) in [5.74, 6) is 6.13. The SMILES string of the molecule is COC(=O)C1CCC(CC#Cc2nc(N)c3ncn([C@@H]4O[C@H](C(=O)NC5CC5)C(O)C4O)c3n2)CC1. The van der Waals surface area contributed by atoms with Crippen molar-refractivity contribution in [2.24, 2.45) is 11.8 Å². The first kappa shape index (κ1) is 24.4. The Hall–Kier alpha value is -3.27. The van der Waals surface area contributed by atoms with E-state index in [9.17, 15) is 19.8 Å². The highest BCUT2D eigenvalue weighted by atomic mass is 16.6. The van der Waals surface area contributed by atoms with Gasteiger partial charge in [0.05, 0.1) is 19.4 Å². The van der Waals surface area contributed by atoms with Gasteiger partial charge < -0.3 is 30.7 Å². The molecule has 1 aliphatic heterocycles. The molecule has 192 valence electrons. The molecule has 0 bridgehead atoms. The topological polar surface area (TPSA) is 175 Å². The first-order valence-electron chi connectivity index (χ1n) is 12.2. The van der Waals surface area contributed by atoms with E-state index in [1.807, 2.05) is 0 Å². The minimum atomic E-state index is -1.40. The number of nitrogens with zero attached hydrogens (tertiary/aromatic N) is 4. The van der Waals surface area contributed by atoms with E-state index in [2.05, 4.69) is 32.1 Å². The van der Waals surface area contributed by atoms with Gasteiger partial charge in [-0.05, 0) is 50.4 Å². The van der Waals surface area contributed by atoms with Crippen molar-refractivity contribution in [3.05, 3.63) is 12.2 Å². The van der Waals surface area contributed by atoms with Crippen LogP contribution in [-0.4, -0.2) is 73.1 Å². The molecular formula is C24H30N6O6. The van der Waals surface area contributed by atoms with E-state index in [-0.39, 0.29) is 35.2 Å². The molecule has 2 saturated carbocycles. The molecule has 0 spiro atoms. The normalized spacial score (nSPS) is 30.0. The Morgan fingerprint density at radius 3 is 2.64 bits per heavy atom. The van der Waals surface area contributed by atoms with Crippen molar-refractivity contribution in [3.63, 3.8) is 0 Å². The van der Waals surface area contributed by atoms with Crippen molar-refractivity contribution in [1.82, 2.24) is 24.8 Å². The van der Waals surface area contributed by atoms with Crippen molar-refractivity contribution < 1.29 is 29.3 Å². The first-order chi connectivity index (χ1) is 17.4. The largest absolute Gasteiger partial charge is 0.469 e. The van der Waals surface area contributed by atoms with Crippen LogP contribution in [0.25, 0.3) is 11.2 Å². The number of rotatable bonds is 5. The predicted octanol–water partition coefficient (Wildman–Crippen LogP) is 0.0273. The molecule has 1 saturated heterocycles. The summed E-state index contributed by atoms with van der Waals surface area (Å²) in [6.07, 6.45) is 2.12. The van der Waals surface area contributed by atoms with Crippen LogP contribution in [0.5, 0.6) is 0 Å². The van der Waals surface area contributed by atoms with E-state index in [1.54, 1.807) is 0 Å². The molecule has 3 fully saturated rings. The third-order valence-electron chi connectivity index (χ3n) is 7.12. The number of imidazole rings is 1. The lowest BCUT2D eigenvalue weighted by molar-refractivity contribution is -0.146. The van der Waals surface area contributed by atoms with Crippen molar-refractivity contribution in [3.8, 4) is 11.8 Å². The van der Waals surface area contributed by atoms with E-state index in [0.717, 1.165) is 38.5 Å². The van der Waals surface area contributed by atoms with Crippen LogP contribution in [0.4, 0.5) is 5.82 Å². The van der Waals surface area contributed by atoms with Crippen LogP contribution in [0.1, 0.15) is 57.0 Å². The number of ether oxygens (including phenoxy) is 2. The number of nitrogens with one attached hydrogen (secondary N) is 1. The zero-order valence-corrected chi connectivity index (χ0v) is 20.0. The standard InChI is InChI=1S/C24H30N6O6/c1-35-24(34)13-7-5-12(6-8-13)3-2-4-15-28-20(25)16-21(29-15)30(11-26-16)23-18(32)17(31)19(36-23)22(33)27-14-9-10-14/h11-14,17-19,23,31-32H,3,5-10H2,1H3,(H,27,33)(H2,25,28,29)/t12?,13?,17?,18?,19-,23+/m0/s1. The summed E-state index contributed by atoms with van der Waals surface area (Å²) >= 11 is 0. The summed E-state index contributed by atoms with van der Waals surface area (Å²) in [6, 6.07) is 0.0927.